The molecule has 0 saturated carbocycles. The van der Waals surface area contributed by atoms with Gasteiger partial charge in [0.2, 0.25) is 5.13 Å². The third kappa shape index (κ3) is 3.78. The molecule has 0 bridgehead atoms. The highest BCUT2D eigenvalue weighted by molar-refractivity contribution is 7.15. The van der Waals surface area contributed by atoms with Gasteiger partial charge in [0.1, 0.15) is 5.01 Å². The Hall–Kier alpha value is -1.46. The summed E-state index contributed by atoms with van der Waals surface area (Å²) in [7, 11) is 0. The maximum Gasteiger partial charge on any atom is 0.208 e. The molecule has 5 heteroatoms. The lowest BCUT2D eigenvalue weighted by Gasteiger charge is -2.38. The largest absolute Gasteiger partial charge is 0.346 e. The summed E-state index contributed by atoms with van der Waals surface area (Å²) in [6.45, 7) is 4.70. The van der Waals surface area contributed by atoms with E-state index in [-0.39, 0.29) is 0 Å². The maximum atomic E-state index is 4.49. The smallest absolute Gasteiger partial charge is 0.208 e. The van der Waals surface area contributed by atoms with Crippen LogP contribution in [0.5, 0.6) is 0 Å². The highest BCUT2D eigenvalue weighted by atomic mass is 32.1. The fourth-order valence-electron chi connectivity index (χ4n) is 4.06. The van der Waals surface area contributed by atoms with Gasteiger partial charge in [-0.1, -0.05) is 41.7 Å². The lowest BCUT2D eigenvalue weighted by molar-refractivity contribution is 0.234. The van der Waals surface area contributed by atoms with Crippen molar-refractivity contribution < 1.29 is 0 Å². The Morgan fingerprint density at radius 3 is 2.79 bits per heavy atom. The van der Waals surface area contributed by atoms with Gasteiger partial charge in [-0.2, -0.15) is 0 Å². The summed E-state index contributed by atoms with van der Waals surface area (Å²) in [5, 5.41) is 14.8. The minimum atomic E-state index is 0.813. The predicted molar refractivity (Wildman–Crippen MR) is 99.7 cm³/mol. The molecule has 2 atom stereocenters. The molecule has 2 aliphatic heterocycles. The van der Waals surface area contributed by atoms with Crippen molar-refractivity contribution in [3.05, 3.63) is 40.9 Å². The summed E-state index contributed by atoms with van der Waals surface area (Å²) < 4.78 is 0. The molecular formula is C19H26N4S. The van der Waals surface area contributed by atoms with E-state index in [1.54, 1.807) is 11.3 Å². The second-order valence-electron chi connectivity index (χ2n) is 7.10. The molecule has 0 spiro atoms. The SMILES string of the molecule is c1ccc(Cc2nnc(N3CCCC(C4CCCNC4)C3)s2)cc1. The number of nitrogens with zero attached hydrogens (tertiary/aromatic N) is 3. The van der Waals surface area contributed by atoms with Gasteiger partial charge in [0.15, 0.2) is 0 Å². The first-order valence-electron chi connectivity index (χ1n) is 9.20. The van der Waals surface area contributed by atoms with E-state index in [4.69, 9.17) is 0 Å². The van der Waals surface area contributed by atoms with Gasteiger partial charge in [0.25, 0.3) is 0 Å². The van der Waals surface area contributed by atoms with Crippen LogP contribution in [-0.4, -0.2) is 36.4 Å². The monoisotopic (exact) mass is 342 g/mol. The van der Waals surface area contributed by atoms with Crippen LogP contribution in [0.4, 0.5) is 5.13 Å². The van der Waals surface area contributed by atoms with Crippen LogP contribution in [0, 0.1) is 11.8 Å². The minimum absolute atomic E-state index is 0.813. The fourth-order valence-corrected chi connectivity index (χ4v) is 4.97. The first-order chi connectivity index (χ1) is 11.9. The molecular weight excluding hydrogens is 316 g/mol. The van der Waals surface area contributed by atoms with Crippen LogP contribution in [0.1, 0.15) is 36.3 Å². The van der Waals surface area contributed by atoms with Gasteiger partial charge in [0, 0.05) is 19.5 Å². The lowest BCUT2D eigenvalue weighted by Crippen LogP contribution is -2.43. The first-order valence-corrected chi connectivity index (χ1v) is 10.0. The van der Waals surface area contributed by atoms with Crippen molar-refractivity contribution in [3.63, 3.8) is 0 Å². The maximum absolute atomic E-state index is 4.49. The molecule has 1 N–H and O–H groups in total. The van der Waals surface area contributed by atoms with Crippen LogP contribution in [-0.2, 0) is 6.42 Å². The van der Waals surface area contributed by atoms with E-state index in [0.29, 0.717) is 0 Å². The summed E-state index contributed by atoms with van der Waals surface area (Å²) in [6.07, 6.45) is 6.28. The van der Waals surface area contributed by atoms with Crippen LogP contribution in [0.15, 0.2) is 30.3 Å². The Morgan fingerprint density at radius 2 is 1.96 bits per heavy atom. The standard InChI is InChI=1S/C19H26N4S/c1-2-6-15(7-3-1)12-18-21-22-19(24-18)23-11-5-9-17(14-23)16-8-4-10-20-13-16/h1-3,6-7,16-17,20H,4-5,8-14H2. The molecule has 2 fully saturated rings. The Kier molecular flexibility index (Phi) is 5.09. The first kappa shape index (κ1) is 16.0. The highest BCUT2D eigenvalue weighted by Crippen LogP contribution is 2.32. The number of hydrogen-bond donors (Lipinski definition) is 1. The molecule has 1 aromatic carbocycles. The Morgan fingerprint density at radius 1 is 1.08 bits per heavy atom. The third-order valence-corrected chi connectivity index (χ3v) is 6.37. The highest BCUT2D eigenvalue weighted by Gasteiger charge is 2.29. The van der Waals surface area contributed by atoms with E-state index in [9.17, 15) is 0 Å². The second-order valence-corrected chi connectivity index (χ2v) is 8.14. The lowest BCUT2D eigenvalue weighted by atomic mass is 9.81. The van der Waals surface area contributed by atoms with Crippen molar-refractivity contribution in [3.8, 4) is 0 Å². The van der Waals surface area contributed by atoms with Crippen LogP contribution in [0.3, 0.4) is 0 Å². The zero-order valence-electron chi connectivity index (χ0n) is 14.2. The Labute approximate surface area is 148 Å². The molecule has 2 aromatic rings. The second kappa shape index (κ2) is 7.62. The minimum Gasteiger partial charge on any atom is -0.346 e. The van der Waals surface area contributed by atoms with Crippen LogP contribution < -0.4 is 10.2 Å². The van der Waals surface area contributed by atoms with Gasteiger partial charge in [-0.05, 0) is 56.2 Å². The Bertz CT molecular complexity index is 636. The molecule has 1 aromatic heterocycles. The number of rotatable bonds is 4. The van der Waals surface area contributed by atoms with Crippen molar-refractivity contribution in [1.82, 2.24) is 15.5 Å². The molecule has 3 heterocycles. The van der Waals surface area contributed by atoms with E-state index in [0.717, 1.165) is 41.5 Å². The van der Waals surface area contributed by atoms with Crippen molar-refractivity contribution in [1.29, 1.82) is 0 Å². The van der Waals surface area contributed by atoms with Crippen LogP contribution in [0.2, 0.25) is 0 Å². The average molecular weight is 343 g/mol. The summed E-state index contributed by atoms with van der Waals surface area (Å²) in [5.41, 5.74) is 1.31. The van der Waals surface area contributed by atoms with Gasteiger partial charge in [-0.3, -0.25) is 0 Å². The quantitative estimate of drug-likeness (QED) is 0.925. The number of piperidine rings is 2. The molecule has 4 nitrogen and oxygen atoms in total. The molecule has 4 rings (SSSR count). The van der Waals surface area contributed by atoms with E-state index in [2.05, 4.69) is 50.7 Å². The fraction of sp³-hybridized carbons (Fsp3) is 0.579. The third-order valence-electron chi connectivity index (χ3n) is 5.38. The van der Waals surface area contributed by atoms with Crippen LogP contribution >= 0.6 is 11.3 Å². The molecule has 0 amide bonds. The van der Waals surface area contributed by atoms with Gasteiger partial charge in [0.05, 0.1) is 0 Å². The number of aromatic nitrogens is 2. The number of benzene rings is 1. The molecule has 0 aliphatic carbocycles. The molecule has 0 radical (unpaired) electrons. The molecule has 128 valence electrons. The van der Waals surface area contributed by atoms with Gasteiger partial charge in [-0.15, -0.1) is 10.2 Å². The summed E-state index contributed by atoms with van der Waals surface area (Å²) in [4.78, 5) is 2.48. The summed E-state index contributed by atoms with van der Waals surface area (Å²) in [6, 6.07) is 10.6. The topological polar surface area (TPSA) is 41.1 Å². The van der Waals surface area contributed by atoms with Crippen molar-refractivity contribution in [2.75, 3.05) is 31.1 Å². The number of anilines is 1. The Balaban J connectivity index is 1.40. The van der Waals surface area contributed by atoms with Crippen molar-refractivity contribution in [2.45, 2.75) is 32.1 Å². The molecule has 2 saturated heterocycles. The zero-order valence-corrected chi connectivity index (χ0v) is 15.0. The average Bonchev–Trinajstić information content (AvgIpc) is 3.12. The van der Waals surface area contributed by atoms with Crippen molar-refractivity contribution >= 4 is 16.5 Å². The van der Waals surface area contributed by atoms with E-state index in [1.807, 2.05) is 0 Å². The molecule has 2 aliphatic rings. The van der Waals surface area contributed by atoms with Gasteiger partial charge in [-0.25, -0.2) is 0 Å². The van der Waals surface area contributed by atoms with Crippen LogP contribution in [0.25, 0.3) is 0 Å². The number of nitrogens with one attached hydrogen (secondary N) is 1. The number of hydrogen-bond acceptors (Lipinski definition) is 5. The summed E-state index contributed by atoms with van der Waals surface area (Å²) >= 11 is 1.77. The molecule has 2 unspecified atom stereocenters. The van der Waals surface area contributed by atoms with Crippen molar-refractivity contribution in [2.24, 2.45) is 11.8 Å². The van der Waals surface area contributed by atoms with E-state index < -0.39 is 0 Å². The van der Waals surface area contributed by atoms with E-state index >= 15 is 0 Å². The summed E-state index contributed by atoms with van der Waals surface area (Å²) in [5.74, 6) is 1.66. The molecule has 24 heavy (non-hydrogen) atoms. The van der Waals surface area contributed by atoms with Gasteiger partial charge >= 0.3 is 0 Å². The van der Waals surface area contributed by atoms with Gasteiger partial charge < -0.3 is 10.2 Å². The zero-order chi connectivity index (χ0) is 16.2. The normalized spacial score (nSPS) is 24.9. The predicted octanol–water partition coefficient (Wildman–Crippen LogP) is 3.34. The van der Waals surface area contributed by atoms with E-state index in [1.165, 1.54) is 44.3 Å².